The molecule has 0 saturated carbocycles. The van der Waals surface area contributed by atoms with Gasteiger partial charge in [0.2, 0.25) is 5.91 Å². The number of halogens is 3. The molecule has 0 unspecified atom stereocenters. The van der Waals surface area contributed by atoms with E-state index >= 15 is 0 Å². The van der Waals surface area contributed by atoms with E-state index in [-0.39, 0.29) is 0 Å². The number of hydrogen-bond acceptors (Lipinski definition) is 2. The Morgan fingerprint density at radius 1 is 1.33 bits per heavy atom. The Morgan fingerprint density at radius 3 is 2.57 bits per heavy atom. The first-order chi connectivity index (χ1) is 9.69. The van der Waals surface area contributed by atoms with Gasteiger partial charge in [0.15, 0.2) is 0 Å². The molecule has 0 saturated heterocycles. The molecule has 1 aromatic heterocycles. The number of rotatable bonds is 3. The Kier molecular flexibility index (Phi) is 3.93. The highest BCUT2D eigenvalue weighted by Gasteiger charge is 2.29. The maximum absolute atomic E-state index is 12.1. The Balaban J connectivity index is 2.25. The number of amides is 1. The predicted molar refractivity (Wildman–Crippen MR) is 73.0 cm³/mol. The summed E-state index contributed by atoms with van der Waals surface area (Å²) in [6.45, 7) is 4.09. The van der Waals surface area contributed by atoms with E-state index in [1.165, 1.54) is 6.33 Å². The van der Waals surface area contributed by atoms with Crippen LogP contribution in [0.25, 0.3) is 11.0 Å². The summed E-state index contributed by atoms with van der Waals surface area (Å²) in [5, 5.41) is 1.89. The quantitative estimate of drug-likeness (QED) is 0.947. The monoisotopic (exact) mass is 299 g/mol. The molecule has 0 fully saturated rings. The average molecular weight is 299 g/mol. The van der Waals surface area contributed by atoms with Crippen molar-refractivity contribution in [1.29, 1.82) is 0 Å². The third kappa shape index (κ3) is 3.34. The molecule has 0 aliphatic heterocycles. The molecule has 1 N–H and O–H groups in total. The van der Waals surface area contributed by atoms with Crippen LogP contribution in [0.1, 0.15) is 24.1 Å². The van der Waals surface area contributed by atoms with Crippen LogP contribution in [-0.2, 0) is 4.79 Å². The van der Waals surface area contributed by atoms with Crippen LogP contribution in [0.2, 0.25) is 0 Å². The fraction of sp³-hybridized carbons (Fsp3) is 0.429. The molecule has 7 heteroatoms. The number of carbonyl (C=O) groups excluding carboxylic acids is 1. The second-order valence-corrected chi connectivity index (χ2v) is 5.09. The van der Waals surface area contributed by atoms with Gasteiger partial charge in [0.25, 0.3) is 0 Å². The van der Waals surface area contributed by atoms with Crippen molar-refractivity contribution < 1.29 is 18.0 Å². The zero-order valence-corrected chi connectivity index (χ0v) is 12.0. The van der Waals surface area contributed by atoms with Crippen LogP contribution in [-0.4, -0.2) is 28.2 Å². The molecule has 0 bridgehead atoms. The number of carbonyl (C=O) groups is 1. The number of fused-ring (bicyclic) bond motifs is 1. The maximum Gasteiger partial charge on any atom is 0.405 e. The molecule has 114 valence electrons. The van der Waals surface area contributed by atoms with Crippen LogP contribution in [0.4, 0.5) is 13.2 Å². The first-order valence-corrected chi connectivity index (χ1v) is 6.47. The third-order valence-corrected chi connectivity index (χ3v) is 3.45. The predicted octanol–water partition coefficient (Wildman–Crippen LogP) is 2.89. The molecule has 1 amide bonds. The van der Waals surface area contributed by atoms with E-state index in [9.17, 15) is 18.0 Å². The summed E-state index contributed by atoms with van der Waals surface area (Å²) in [5.41, 5.74) is 3.55. The third-order valence-electron chi connectivity index (χ3n) is 3.45. The van der Waals surface area contributed by atoms with Gasteiger partial charge in [-0.25, -0.2) is 4.98 Å². The van der Waals surface area contributed by atoms with Crippen molar-refractivity contribution in [2.24, 2.45) is 0 Å². The van der Waals surface area contributed by atoms with E-state index in [2.05, 4.69) is 4.98 Å². The normalized spacial score (nSPS) is 13.4. The van der Waals surface area contributed by atoms with Gasteiger partial charge in [-0.15, -0.1) is 0 Å². The van der Waals surface area contributed by atoms with Crippen molar-refractivity contribution >= 4 is 16.9 Å². The van der Waals surface area contributed by atoms with Crippen molar-refractivity contribution in [3.63, 3.8) is 0 Å². The summed E-state index contributed by atoms with van der Waals surface area (Å²) in [6.07, 6.45) is -2.94. The van der Waals surface area contributed by atoms with Crippen molar-refractivity contribution in [2.45, 2.75) is 33.0 Å². The highest BCUT2D eigenvalue weighted by molar-refractivity contribution is 5.84. The molecule has 2 aromatic rings. The Hall–Kier alpha value is -2.05. The SMILES string of the molecule is Cc1cc2ncn([C@H](C)C(=O)NCC(F)(F)F)c2cc1C. The number of hydrogen-bond donors (Lipinski definition) is 1. The molecule has 0 aliphatic carbocycles. The van der Waals surface area contributed by atoms with Crippen molar-refractivity contribution in [2.75, 3.05) is 6.54 Å². The number of aromatic nitrogens is 2. The molecule has 0 aliphatic rings. The Morgan fingerprint density at radius 2 is 1.95 bits per heavy atom. The Bertz CT molecular complexity index is 676. The minimum Gasteiger partial charge on any atom is -0.345 e. The van der Waals surface area contributed by atoms with E-state index in [0.29, 0.717) is 5.52 Å². The number of nitrogens with one attached hydrogen (secondary N) is 1. The summed E-state index contributed by atoms with van der Waals surface area (Å²) < 4.78 is 38.0. The topological polar surface area (TPSA) is 46.9 Å². The van der Waals surface area contributed by atoms with Crippen molar-refractivity contribution in [3.8, 4) is 0 Å². The van der Waals surface area contributed by atoms with Crippen molar-refractivity contribution in [1.82, 2.24) is 14.9 Å². The van der Waals surface area contributed by atoms with E-state index in [0.717, 1.165) is 16.6 Å². The summed E-state index contributed by atoms with van der Waals surface area (Å²) in [7, 11) is 0. The second-order valence-electron chi connectivity index (χ2n) is 5.09. The van der Waals surface area contributed by atoms with Crippen molar-refractivity contribution in [3.05, 3.63) is 29.6 Å². The average Bonchev–Trinajstić information content (AvgIpc) is 2.77. The summed E-state index contributed by atoms with van der Waals surface area (Å²) in [5.74, 6) is -0.690. The van der Waals surface area contributed by atoms with Crippen LogP contribution in [0.5, 0.6) is 0 Å². The molecule has 1 aromatic carbocycles. The molecule has 0 spiro atoms. The standard InChI is InChI=1S/C14H16F3N3O/c1-8-4-11-12(5-9(8)2)20(7-19-11)10(3)13(21)18-6-14(15,16)17/h4-5,7,10H,6H2,1-3H3,(H,18,21)/t10-/m1/s1. The number of benzene rings is 1. The minimum absolute atomic E-state index is 0.690. The molecule has 4 nitrogen and oxygen atoms in total. The number of aryl methyl sites for hydroxylation is 2. The molecule has 1 atom stereocenters. The van der Waals surface area contributed by atoms with Crippen LogP contribution in [0, 0.1) is 13.8 Å². The lowest BCUT2D eigenvalue weighted by atomic mass is 10.1. The largest absolute Gasteiger partial charge is 0.405 e. The van der Waals surface area contributed by atoms with E-state index in [1.54, 1.807) is 11.5 Å². The van der Waals surface area contributed by atoms with E-state index in [1.807, 2.05) is 31.3 Å². The lowest BCUT2D eigenvalue weighted by molar-refractivity contribution is -0.140. The minimum atomic E-state index is -4.42. The Labute approximate surface area is 120 Å². The van der Waals surface area contributed by atoms with Crippen LogP contribution < -0.4 is 5.32 Å². The first-order valence-electron chi connectivity index (χ1n) is 6.47. The summed E-state index contributed by atoms with van der Waals surface area (Å²) in [6, 6.07) is 3.01. The van der Waals surface area contributed by atoms with E-state index in [4.69, 9.17) is 0 Å². The molecular weight excluding hydrogens is 283 g/mol. The van der Waals surface area contributed by atoms with Gasteiger partial charge in [0.05, 0.1) is 17.4 Å². The highest BCUT2D eigenvalue weighted by atomic mass is 19.4. The lowest BCUT2D eigenvalue weighted by Crippen LogP contribution is -2.37. The van der Waals surface area contributed by atoms with Crippen LogP contribution >= 0.6 is 0 Å². The molecular formula is C14H16F3N3O. The highest BCUT2D eigenvalue weighted by Crippen LogP contribution is 2.22. The van der Waals surface area contributed by atoms with Gasteiger partial charge < -0.3 is 9.88 Å². The van der Waals surface area contributed by atoms with Crippen LogP contribution in [0.3, 0.4) is 0 Å². The molecule has 0 radical (unpaired) electrons. The molecule has 1 heterocycles. The summed E-state index contributed by atoms with van der Waals surface area (Å²) in [4.78, 5) is 16.0. The summed E-state index contributed by atoms with van der Waals surface area (Å²) >= 11 is 0. The van der Waals surface area contributed by atoms with Crippen LogP contribution in [0.15, 0.2) is 18.5 Å². The van der Waals surface area contributed by atoms with Gasteiger partial charge in [-0.1, -0.05) is 0 Å². The zero-order chi connectivity index (χ0) is 15.8. The molecule has 2 rings (SSSR count). The fourth-order valence-corrected chi connectivity index (χ4v) is 2.05. The fourth-order valence-electron chi connectivity index (χ4n) is 2.05. The van der Waals surface area contributed by atoms with Gasteiger partial charge in [0, 0.05) is 0 Å². The van der Waals surface area contributed by atoms with E-state index < -0.39 is 24.7 Å². The van der Waals surface area contributed by atoms with Gasteiger partial charge in [0.1, 0.15) is 12.6 Å². The smallest absolute Gasteiger partial charge is 0.345 e. The first kappa shape index (κ1) is 15.3. The number of imidazole rings is 1. The second kappa shape index (κ2) is 5.38. The lowest BCUT2D eigenvalue weighted by Gasteiger charge is -2.16. The number of nitrogens with zero attached hydrogens (tertiary/aromatic N) is 2. The molecule has 21 heavy (non-hydrogen) atoms. The number of alkyl halides is 3. The van der Waals surface area contributed by atoms with Gasteiger partial charge in [-0.05, 0) is 44.0 Å². The van der Waals surface area contributed by atoms with Gasteiger partial charge >= 0.3 is 6.18 Å². The van der Waals surface area contributed by atoms with Gasteiger partial charge in [-0.2, -0.15) is 13.2 Å². The van der Waals surface area contributed by atoms with Gasteiger partial charge in [-0.3, -0.25) is 4.79 Å². The maximum atomic E-state index is 12.1. The zero-order valence-electron chi connectivity index (χ0n) is 12.0.